The second-order valence-corrected chi connectivity index (χ2v) is 10.1. The van der Waals surface area contributed by atoms with Crippen molar-refractivity contribution in [3.05, 3.63) is 29.6 Å². The third-order valence-electron chi connectivity index (χ3n) is 7.41. The smallest absolute Gasteiger partial charge is 0.270 e. The van der Waals surface area contributed by atoms with Crippen molar-refractivity contribution in [2.24, 2.45) is 17.8 Å². The van der Waals surface area contributed by atoms with E-state index >= 15 is 0 Å². The number of halogens is 2. The Morgan fingerprint density at radius 1 is 1.00 bits per heavy atom. The summed E-state index contributed by atoms with van der Waals surface area (Å²) < 4.78 is 26.4. The fourth-order valence-corrected chi connectivity index (χ4v) is 6.74. The molecule has 2 unspecified atom stereocenters. The first-order valence-electron chi connectivity index (χ1n) is 10.6. The van der Waals surface area contributed by atoms with E-state index in [4.69, 9.17) is 0 Å². The van der Waals surface area contributed by atoms with Crippen molar-refractivity contribution >= 4 is 11.8 Å². The van der Waals surface area contributed by atoms with Gasteiger partial charge in [0.1, 0.15) is 5.69 Å². The number of nitrogens with one attached hydrogen (secondary N) is 2. The molecule has 5 aliphatic carbocycles. The number of carbonyl (C=O) groups is 2. The summed E-state index contributed by atoms with van der Waals surface area (Å²) in [4.78, 5) is 29.9. The van der Waals surface area contributed by atoms with E-state index in [-0.39, 0.29) is 35.7 Å². The van der Waals surface area contributed by atoms with Gasteiger partial charge in [0.25, 0.3) is 5.91 Å². The van der Waals surface area contributed by atoms with Gasteiger partial charge < -0.3 is 10.6 Å². The fourth-order valence-electron chi connectivity index (χ4n) is 6.74. The molecule has 0 aliphatic heterocycles. The van der Waals surface area contributed by atoms with E-state index in [0.717, 1.165) is 37.8 Å². The average Bonchev–Trinajstić information content (AvgIpc) is 2.57. The zero-order valence-electron chi connectivity index (χ0n) is 16.6. The van der Waals surface area contributed by atoms with Crippen molar-refractivity contribution in [3.63, 3.8) is 0 Å². The van der Waals surface area contributed by atoms with Gasteiger partial charge in [0.2, 0.25) is 11.8 Å². The molecule has 7 heteroatoms. The average molecular weight is 403 g/mol. The van der Waals surface area contributed by atoms with E-state index in [9.17, 15) is 18.4 Å². The molecule has 5 saturated carbocycles. The van der Waals surface area contributed by atoms with Crippen LogP contribution >= 0.6 is 0 Å². The van der Waals surface area contributed by atoms with Crippen molar-refractivity contribution in [1.29, 1.82) is 0 Å². The highest BCUT2D eigenvalue weighted by Gasteiger charge is 2.60. The molecule has 5 fully saturated rings. The van der Waals surface area contributed by atoms with Crippen LogP contribution in [0.1, 0.15) is 67.5 Å². The molecule has 1 heterocycles. The summed E-state index contributed by atoms with van der Waals surface area (Å²) in [7, 11) is 0. The highest BCUT2D eigenvalue weighted by atomic mass is 19.3. The molecular weight excluding hydrogens is 376 g/mol. The van der Waals surface area contributed by atoms with E-state index in [2.05, 4.69) is 15.6 Å². The number of hydrogen-bond donors (Lipinski definition) is 2. The second-order valence-electron chi connectivity index (χ2n) is 10.1. The summed E-state index contributed by atoms with van der Waals surface area (Å²) in [5.41, 5.74) is 0.489. The van der Waals surface area contributed by atoms with E-state index in [1.54, 1.807) is 6.07 Å². The van der Waals surface area contributed by atoms with E-state index in [1.165, 1.54) is 0 Å². The maximum absolute atomic E-state index is 13.2. The number of rotatable bonds is 4. The van der Waals surface area contributed by atoms with Crippen LogP contribution in [-0.2, 0) is 4.79 Å². The van der Waals surface area contributed by atoms with Crippen LogP contribution in [0.25, 0.3) is 0 Å². The van der Waals surface area contributed by atoms with Crippen molar-refractivity contribution in [2.75, 3.05) is 0 Å². The summed E-state index contributed by atoms with van der Waals surface area (Å²) in [6.07, 6.45) is 4.72. The Balaban J connectivity index is 1.33. The number of alkyl halides is 2. The topological polar surface area (TPSA) is 71.1 Å². The van der Waals surface area contributed by atoms with Crippen molar-refractivity contribution < 1.29 is 18.4 Å². The first-order chi connectivity index (χ1) is 13.6. The Hall–Kier alpha value is -2.05. The van der Waals surface area contributed by atoms with E-state index < -0.39 is 11.8 Å². The highest BCUT2D eigenvalue weighted by Crippen LogP contribution is 2.58. The summed E-state index contributed by atoms with van der Waals surface area (Å²) in [6, 6.07) is 5.40. The summed E-state index contributed by atoms with van der Waals surface area (Å²) >= 11 is 0. The van der Waals surface area contributed by atoms with Gasteiger partial charge in [0, 0.05) is 35.5 Å². The lowest BCUT2D eigenvalue weighted by Crippen LogP contribution is -2.70. The Morgan fingerprint density at radius 2 is 1.62 bits per heavy atom. The van der Waals surface area contributed by atoms with Gasteiger partial charge in [0.15, 0.2) is 0 Å². The molecule has 2 amide bonds. The Labute approximate surface area is 169 Å². The normalized spacial score (nSPS) is 37.1. The van der Waals surface area contributed by atoms with Gasteiger partial charge in [-0.1, -0.05) is 6.07 Å². The molecule has 2 atom stereocenters. The molecule has 1 aromatic heterocycles. The molecule has 1 aromatic rings. The summed E-state index contributed by atoms with van der Waals surface area (Å²) in [6.45, 7) is 1.86. The molecule has 0 radical (unpaired) electrons. The van der Waals surface area contributed by atoms with Gasteiger partial charge >= 0.3 is 0 Å². The van der Waals surface area contributed by atoms with Gasteiger partial charge in [-0.15, -0.1) is 0 Å². The molecule has 2 N–H and O–H groups in total. The first kappa shape index (κ1) is 18.9. The quantitative estimate of drug-likeness (QED) is 0.810. The number of carbonyl (C=O) groups excluding carboxylic acids is 2. The molecule has 0 aromatic carbocycles. The van der Waals surface area contributed by atoms with Crippen molar-refractivity contribution in [2.45, 2.75) is 75.3 Å². The van der Waals surface area contributed by atoms with Gasteiger partial charge in [-0.2, -0.15) is 0 Å². The number of pyridine rings is 1. The third-order valence-corrected chi connectivity index (χ3v) is 7.41. The van der Waals surface area contributed by atoms with Crippen LogP contribution in [0.15, 0.2) is 18.2 Å². The zero-order chi connectivity index (χ0) is 20.4. The standard InChI is InChI=1S/C22H27F2N3O2/c1-13-3-2-4-17(25-13)19(29)27-21-8-14-5-15(9-21)7-20(6-14,12-21)26-18(28)16-10-22(23,24)11-16/h2-4,14-16H,5-12H2,1H3,(H,26,28)(H,27,29). The molecule has 5 aliphatic rings. The Kier molecular flexibility index (Phi) is 4.07. The molecule has 5 nitrogen and oxygen atoms in total. The number of aromatic nitrogens is 1. The second kappa shape index (κ2) is 6.22. The minimum Gasteiger partial charge on any atom is -0.350 e. The lowest BCUT2D eigenvalue weighted by molar-refractivity contribution is -0.155. The van der Waals surface area contributed by atoms with Crippen LogP contribution in [0.5, 0.6) is 0 Å². The highest BCUT2D eigenvalue weighted by molar-refractivity contribution is 5.93. The molecule has 0 spiro atoms. The predicted molar refractivity (Wildman–Crippen MR) is 102 cm³/mol. The minimum absolute atomic E-state index is 0.171. The van der Waals surface area contributed by atoms with Crippen LogP contribution in [-0.4, -0.2) is 33.8 Å². The van der Waals surface area contributed by atoms with Crippen LogP contribution < -0.4 is 10.6 Å². The monoisotopic (exact) mass is 403 g/mol. The molecular formula is C22H27F2N3O2. The maximum atomic E-state index is 13.2. The number of amides is 2. The minimum atomic E-state index is -2.69. The van der Waals surface area contributed by atoms with Crippen molar-refractivity contribution in [3.8, 4) is 0 Å². The molecule has 6 rings (SSSR count). The SMILES string of the molecule is Cc1cccc(C(=O)NC23CC4CC(C2)CC(NC(=O)C2CC(F)(F)C2)(C4)C3)n1. The molecule has 4 bridgehead atoms. The molecule has 0 saturated heterocycles. The van der Waals surface area contributed by atoms with Gasteiger partial charge in [0.05, 0.1) is 0 Å². The predicted octanol–water partition coefficient (Wildman–Crippen LogP) is 3.37. The Bertz CT molecular complexity index is 849. The fraction of sp³-hybridized carbons (Fsp3) is 0.682. The Morgan fingerprint density at radius 3 is 2.21 bits per heavy atom. The van der Waals surface area contributed by atoms with E-state index in [1.807, 2.05) is 19.1 Å². The number of aryl methyl sites for hydroxylation is 1. The maximum Gasteiger partial charge on any atom is 0.270 e. The number of nitrogens with zero attached hydrogens (tertiary/aromatic N) is 1. The van der Waals surface area contributed by atoms with Gasteiger partial charge in [-0.3, -0.25) is 9.59 Å². The van der Waals surface area contributed by atoms with E-state index in [0.29, 0.717) is 24.0 Å². The zero-order valence-corrected chi connectivity index (χ0v) is 16.6. The largest absolute Gasteiger partial charge is 0.350 e. The molecule has 156 valence electrons. The summed E-state index contributed by atoms with van der Waals surface area (Å²) in [5.74, 6) is -2.79. The first-order valence-corrected chi connectivity index (χ1v) is 10.6. The van der Waals surface area contributed by atoms with Gasteiger partial charge in [-0.25, -0.2) is 13.8 Å². The van der Waals surface area contributed by atoms with Crippen LogP contribution in [0.3, 0.4) is 0 Å². The third kappa shape index (κ3) is 3.42. The van der Waals surface area contributed by atoms with Crippen LogP contribution in [0, 0.1) is 24.7 Å². The lowest BCUT2D eigenvalue weighted by Gasteiger charge is -2.62. The van der Waals surface area contributed by atoms with Crippen LogP contribution in [0.4, 0.5) is 8.78 Å². The van der Waals surface area contributed by atoms with Gasteiger partial charge in [-0.05, 0) is 69.4 Å². The lowest BCUT2D eigenvalue weighted by atomic mass is 9.49. The number of hydrogen-bond acceptors (Lipinski definition) is 3. The molecule has 29 heavy (non-hydrogen) atoms. The van der Waals surface area contributed by atoms with Crippen molar-refractivity contribution in [1.82, 2.24) is 15.6 Å². The summed E-state index contributed by atoms with van der Waals surface area (Å²) in [5, 5.41) is 6.44. The van der Waals surface area contributed by atoms with Crippen LogP contribution in [0.2, 0.25) is 0 Å².